The first-order chi connectivity index (χ1) is 9.56. The van der Waals surface area contributed by atoms with Crippen LogP contribution in [0.4, 0.5) is 0 Å². The van der Waals surface area contributed by atoms with E-state index in [9.17, 15) is 10.0 Å². The maximum absolute atomic E-state index is 12.1. The number of aromatic nitrogens is 1. The summed E-state index contributed by atoms with van der Waals surface area (Å²) in [4.78, 5) is 12.1. The van der Waals surface area contributed by atoms with Crippen molar-refractivity contribution >= 4 is 5.97 Å². The molecule has 0 amide bonds. The van der Waals surface area contributed by atoms with E-state index in [-0.39, 0.29) is 6.61 Å². The van der Waals surface area contributed by atoms with Crippen LogP contribution in [0.2, 0.25) is 0 Å². The molecule has 0 unspecified atom stereocenters. The zero-order chi connectivity index (χ0) is 14.7. The molecule has 4 nitrogen and oxygen atoms in total. The van der Waals surface area contributed by atoms with Crippen LogP contribution in [0.5, 0.6) is 0 Å². The van der Waals surface area contributed by atoms with Crippen molar-refractivity contribution in [1.29, 1.82) is 0 Å². The van der Waals surface area contributed by atoms with Gasteiger partial charge in [-0.05, 0) is 12.5 Å². The number of pyridine rings is 1. The molecule has 0 bridgehead atoms. The molecule has 1 aromatic carbocycles. The van der Waals surface area contributed by atoms with Gasteiger partial charge in [-0.2, -0.15) is 4.73 Å². The molecule has 0 aliphatic carbocycles. The zero-order valence-electron chi connectivity index (χ0n) is 11.8. The van der Waals surface area contributed by atoms with Gasteiger partial charge in [0.25, 0.3) is 0 Å². The minimum atomic E-state index is -0.464. The fourth-order valence-corrected chi connectivity index (χ4v) is 2.21. The summed E-state index contributed by atoms with van der Waals surface area (Å²) in [6.07, 6.45) is 0. The third-order valence-electron chi connectivity index (χ3n) is 3.17. The summed E-state index contributed by atoms with van der Waals surface area (Å²) >= 11 is 0. The largest absolute Gasteiger partial charge is 0.618 e. The summed E-state index contributed by atoms with van der Waals surface area (Å²) in [5.74, 6) is -0.464. The number of hydrogen-bond acceptors (Lipinski definition) is 3. The van der Waals surface area contributed by atoms with E-state index in [0.29, 0.717) is 17.0 Å². The van der Waals surface area contributed by atoms with Gasteiger partial charge in [0.15, 0.2) is 5.69 Å². The van der Waals surface area contributed by atoms with E-state index < -0.39 is 5.97 Å². The molecule has 0 radical (unpaired) electrons. The summed E-state index contributed by atoms with van der Waals surface area (Å²) in [5, 5.41) is 12.0. The number of benzene rings is 1. The Balaban J connectivity index is 2.69. The molecular weight excluding hydrogens is 254 g/mol. The smallest absolute Gasteiger partial charge is 0.345 e. The third kappa shape index (κ3) is 2.50. The van der Waals surface area contributed by atoms with Gasteiger partial charge in [-0.3, -0.25) is 0 Å². The summed E-state index contributed by atoms with van der Waals surface area (Å²) < 4.78 is 5.84. The Morgan fingerprint density at radius 3 is 2.50 bits per heavy atom. The normalized spacial score (nSPS) is 10.3. The van der Waals surface area contributed by atoms with Crippen LogP contribution in [0.3, 0.4) is 0 Å². The van der Waals surface area contributed by atoms with Gasteiger partial charge in [0.1, 0.15) is 5.56 Å². The molecular formula is C16H17NO3. The minimum Gasteiger partial charge on any atom is -0.618 e. The molecule has 4 heteroatoms. The van der Waals surface area contributed by atoms with Crippen molar-refractivity contribution in [3.05, 3.63) is 58.6 Å². The summed E-state index contributed by atoms with van der Waals surface area (Å²) in [5.41, 5.74) is 2.86. The average molecular weight is 271 g/mol. The number of carbonyl (C=O) groups is 1. The van der Waals surface area contributed by atoms with E-state index in [1.54, 1.807) is 26.8 Å². The average Bonchev–Trinajstić information content (AvgIpc) is 2.45. The van der Waals surface area contributed by atoms with Crippen LogP contribution in [0.15, 0.2) is 36.4 Å². The van der Waals surface area contributed by atoms with Gasteiger partial charge in [0.05, 0.1) is 6.61 Å². The maximum atomic E-state index is 12.1. The Hall–Kier alpha value is -2.36. The molecule has 0 fully saturated rings. The fourth-order valence-electron chi connectivity index (χ4n) is 2.21. The highest BCUT2D eigenvalue weighted by molar-refractivity contribution is 5.98. The van der Waals surface area contributed by atoms with Crippen LogP contribution in [0, 0.1) is 19.1 Å². The molecule has 0 atom stereocenters. The molecule has 1 heterocycles. The fraction of sp³-hybridized carbons (Fsp3) is 0.250. The summed E-state index contributed by atoms with van der Waals surface area (Å²) in [6.45, 7) is 5.38. The van der Waals surface area contributed by atoms with Crippen molar-refractivity contribution in [1.82, 2.24) is 0 Å². The Morgan fingerprint density at radius 1 is 1.25 bits per heavy atom. The van der Waals surface area contributed by atoms with Crippen LogP contribution in [0.25, 0.3) is 11.1 Å². The Morgan fingerprint density at radius 2 is 1.90 bits per heavy atom. The summed E-state index contributed by atoms with van der Waals surface area (Å²) in [6, 6.07) is 11.2. The van der Waals surface area contributed by atoms with Gasteiger partial charge in [-0.15, -0.1) is 0 Å². The molecule has 0 N–H and O–H groups in total. The molecule has 0 aliphatic rings. The number of aryl methyl sites for hydroxylation is 1. The second-order valence-corrected chi connectivity index (χ2v) is 4.54. The quantitative estimate of drug-likeness (QED) is 0.490. The van der Waals surface area contributed by atoms with E-state index in [1.807, 2.05) is 30.3 Å². The van der Waals surface area contributed by atoms with Gasteiger partial charge >= 0.3 is 5.97 Å². The van der Waals surface area contributed by atoms with E-state index >= 15 is 0 Å². The van der Waals surface area contributed by atoms with E-state index in [2.05, 4.69) is 0 Å². The first-order valence-corrected chi connectivity index (χ1v) is 6.52. The third-order valence-corrected chi connectivity index (χ3v) is 3.17. The SMILES string of the molecule is CCOC(=O)c1c(-c2ccccc2)cc(C)[n+]([O-])c1C. The lowest BCUT2D eigenvalue weighted by Gasteiger charge is -2.13. The topological polar surface area (TPSA) is 53.2 Å². The molecule has 2 rings (SSSR count). The van der Waals surface area contributed by atoms with E-state index in [1.165, 1.54) is 0 Å². The maximum Gasteiger partial charge on any atom is 0.345 e. The lowest BCUT2D eigenvalue weighted by Crippen LogP contribution is -2.36. The predicted octanol–water partition coefficient (Wildman–Crippen LogP) is 2.78. The van der Waals surface area contributed by atoms with Gasteiger partial charge in [0, 0.05) is 25.5 Å². The number of hydrogen-bond donors (Lipinski definition) is 0. The molecule has 20 heavy (non-hydrogen) atoms. The minimum absolute atomic E-state index is 0.277. The lowest BCUT2D eigenvalue weighted by atomic mass is 9.98. The molecule has 0 saturated heterocycles. The first kappa shape index (κ1) is 14.1. The van der Waals surface area contributed by atoms with Gasteiger partial charge in [-0.1, -0.05) is 30.3 Å². The molecule has 1 aromatic heterocycles. The van der Waals surface area contributed by atoms with Gasteiger partial charge in [-0.25, -0.2) is 4.79 Å². The first-order valence-electron chi connectivity index (χ1n) is 6.52. The number of ether oxygens (including phenoxy) is 1. The standard InChI is InChI=1S/C16H17NO3/c1-4-20-16(18)15-12(3)17(19)11(2)10-14(15)13-8-6-5-7-9-13/h5-10H,4H2,1-3H3. The number of nitrogens with zero attached hydrogens (tertiary/aromatic N) is 1. The monoisotopic (exact) mass is 271 g/mol. The van der Waals surface area contributed by atoms with Crippen LogP contribution >= 0.6 is 0 Å². The Labute approximate surface area is 118 Å². The number of carbonyl (C=O) groups excluding carboxylic acids is 1. The highest BCUT2D eigenvalue weighted by Crippen LogP contribution is 2.26. The van der Waals surface area contributed by atoms with Crippen molar-refractivity contribution < 1.29 is 14.3 Å². The summed E-state index contributed by atoms with van der Waals surface area (Å²) in [7, 11) is 0. The van der Waals surface area contributed by atoms with Crippen molar-refractivity contribution in [2.24, 2.45) is 0 Å². The van der Waals surface area contributed by atoms with Crippen molar-refractivity contribution in [2.75, 3.05) is 6.61 Å². The van der Waals surface area contributed by atoms with Crippen molar-refractivity contribution in [3.8, 4) is 11.1 Å². The molecule has 0 spiro atoms. The molecule has 0 aliphatic heterocycles. The Kier molecular flexibility index (Phi) is 4.03. The predicted molar refractivity (Wildman–Crippen MR) is 76.3 cm³/mol. The van der Waals surface area contributed by atoms with Crippen LogP contribution < -0.4 is 4.73 Å². The van der Waals surface area contributed by atoms with Crippen molar-refractivity contribution in [3.63, 3.8) is 0 Å². The highest BCUT2D eigenvalue weighted by Gasteiger charge is 2.24. The van der Waals surface area contributed by atoms with Crippen LogP contribution in [-0.4, -0.2) is 12.6 Å². The number of rotatable bonds is 3. The lowest BCUT2D eigenvalue weighted by molar-refractivity contribution is -0.619. The highest BCUT2D eigenvalue weighted by atomic mass is 16.5. The van der Waals surface area contributed by atoms with Crippen molar-refractivity contribution in [2.45, 2.75) is 20.8 Å². The zero-order valence-corrected chi connectivity index (χ0v) is 11.8. The molecule has 0 saturated carbocycles. The van der Waals surface area contributed by atoms with Crippen LogP contribution in [0.1, 0.15) is 28.7 Å². The second-order valence-electron chi connectivity index (χ2n) is 4.54. The molecule has 2 aromatic rings. The van der Waals surface area contributed by atoms with E-state index in [4.69, 9.17) is 4.74 Å². The van der Waals surface area contributed by atoms with Gasteiger partial charge < -0.3 is 9.94 Å². The second kappa shape index (κ2) is 5.74. The van der Waals surface area contributed by atoms with Crippen LogP contribution in [-0.2, 0) is 4.74 Å². The Bertz CT molecular complexity index is 636. The molecule has 104 valence electrons. The number of esters is 1. The van der Waals surface area contributed by atoms with Gasteiger partial charge in [0.2, 0.25) is 5.69 Å². The van der Waals surface area contributed by atoms with E-state index in [0.717, 1.165) is 15.9 Å².